The van der Waals surface area contributed by atoms with Crippen LogP contribution in [0, 0.1) is 6.92 Å². The van der Waals surface area contributed by atoms with Gasteiger partial charge in [0.1, 0.15) is 6.33 Å². The maximum Gasteiger partial charge on any atom is 0.240 e. The fourth-order valence-corrected chi connectivity index (χ4v) is 3.27. The summed E-state index contributed by atoms with van der Waals surface area (Å²) in [6, 6.07) is 0. The smallest absolute Gasteiger partial charge is 0.240 e. The van der Waals surface area contributed by atoms with E-state index in [1.165, 1.54) is 11.8 Å². The molecule has 108 valence electrons. The van der Waals surface area contributed by atoms with Gasteiger partial charge in [0, 0.05) is 30.0 Å². The van der Waals surface area contributed by atoms with E-state index in [-0.39, 0.29) is 0 Å². The standard InChI is InChI=1S/C12H13N7S2/c1-3-14-9-16-10(19-5-4-13-7-19)18-11(17-9)21-12-15-8(2)6-20-12/h4-7H,3H2,1-2H3,(H,14,16,17,18). The number of hydrogen-bond donors (Lipinski definition) is 1. The van der Waals surface area contributed by atoms with Gasteiger partial charge in [-0.2, -0.15) is 15.0 Å². The van der Waals surface area contributed by atoms with E-state index >= 15 is 0 Å². The highest BCUT2D eigenvalue weighted by Crippen LogP contribution is 2.28. The topological polar surface area (TPSA) is 81.4 Å². The van der Waals surface area contributed by atoms with Gasteiger partial charge in [0.25, 0.3) is 0 Å². The van der Waals surface area contributed by atoms with Gasteiger partial charge in [-0.25, -0.2) is 9.97 Å². The third-order valence-electron chi connectivity index (χ3n) is 2.45. The molecule has 0 amide bonds. The summed E-state index contributed by atoms with van der Waals surface area (Å²) in [5.74, 6) is 1.08. The number of nitrogens with one attached hydrogen (secondary N) is 1. The first-order valence-corrected chi connectivity index (χ1v) is 8.02. The molecule has 0 unspecified atom stereocenters. The molecule has 0 atom stereocenters. The zero-order valence-corrected chi connectivity index (χ0v) is 13.1. The normalized spacial score (nSPS) is 10.8. The van der Waals surface area contributed by atoms with Gasteiger partial charge in [0.2, 0.25) is 17.1 Å². The third-order valence-corrected chi connectivity index (χ3v) is 4.37. The van der Waals surface area contributed by atoms with Gasteiger partial charge in [-0.3, -0.25) is 4.57 Å². The van der Waals surface area contributed by atoms with Gasteiger partial charge < -0.3 is 5.32 Å². The molecule has 3 aromatic heterocycles. The Hall–Kier alpha value is -2.00. The summed E-state index contributed by atoms with van der Waals surface area (Å²) in [4.78, 5) is 21.7. The SMILES string of the molecule is CCNc1nc(Sc2nc(C)cs2)nc(-n2ccnc2)n1. The van der Waals surface area contributed by atoms with Gasteiger partial charge in [-0.1, -0.05) is 0 Å². The molecule has 9 heteroatoms. The van der Waals surface area contributed by atoms with E-state index in [1.807, 2.05) is 19.2 Å². The lowest BCUT2D eigenvalue weighted by molar-refractivity contribution is 0.823. The van der Waals surface area contributed by atoms with E-state index in [0.717, 1.165) is 16.6 Å². The van der Waals surface area contributed by atoms with Crippen molar-refractivity contribution in [2.24, 2.45) is 0 Å². The second-order valence-corrected chi connectivity index (χ2v) is 6.17. The second-order valence-electron chi connectivity index (χ2n) is 4.10. The molecule has 3 heterocycles. The highest BCUT2D eigenvalue weighted by Gasteiger charge is 2.10. The number of aromatic nitrogens is 6. The van der Waals surface area contributed by atoms with Crippen molar-refractivity contribution in [1.29, 1.82) is 0 Å². The average Bonchev–Trinajstić information content (AvgIpc) is 3.11. The van der Waals surface area contributed by atoms with Crippen LogP contribution in [0.2, 0.25) is 0 Å². The van der Waals surface area contributed by atoms with E-state index in [9.17, 15) is 0 Å². The number of thiazole rings is 1. The van der Waals surface area contributed by atoms with Crippen LogP contribution < -0.4 is 5.32 Å². The zero-order valence-electron chi connectivity index (χ0n) is 11.5. The van der Waals surface area contributed by atoms with Crippen molar-refractivity contribution >= 4 is 29.0 Å². The molecule has 7 nitrogen and oxygen atoms in total. The summed E-state index contributed by atoms with van der Waals surface area (Å²) in [6.07, 6.45) is 5.15. The fourth-order valence-electron chi connectivity index (χ4n) is 1.58. The molecule has 0 bridgehead atoms. The molecule has 0 aliphatic carbocycles. The van der Waals surface area contributed by atoms with Crippen molar-refractivity contribution in [3.05, 3.63) is 29.8 Å². The third kappa shape index (κ3) is 3.37. The Labute approximate surface area is 129 Å². The van der Waals surface area contributed by atoms with Gasteiger partial charge in [0.05, 0.1) is 0 Å². The number of hydrogen-bond acceptors (Lipinski definition) is 8. The highest BCUT2D eigenvalue weighted by atomic mass is 32.2. The van der Waals surface area contributed by atoms with Crippen LogP contribution in [0.3, 0.4) is 0 Å². The van der Waals surface area contributed by atoms with Crippen LogP contribution in [-0.4, -0.2) is 36.0 Å². The number of imidazole rings is 1. The molecule has 0 radical (unpaired) electrons. The Bertz CT molecular complexity index is 723. The van der Waals surface area contributed by atoms with Crippen LogP contribution in [0.5, 0.6) is 0 Å². The summed E-state index contributed by atoms with van der Waals surface area (Å²) in [5, 5.41) is 5.73. The summed E-state index contributed by atoms with van der Waals surface area (Å²) >= 11 is 3.01. The molecule has 3 rings (SSSR count). The molecule has 1 N–H and O–H groups in total. The molecule has 3 aromatic rings. The fraction of sp³-hybridized carbons (Fsp3) is 0.250. The lowest BCUT2D eigenvalue weighted by Crippen LogP contribution is -2.08. The largest absolute Gasteiger partial charge is 0.354 e. The first-order chi connectivity index (χ1) is 10.2. The number of nitrogens with zero attached hydrogens (tertiary/aromatic N) is 6. The summed E-state index contributed by atoms with van der Waals surface area (Å²) < 4.78 is 2.66. The lowest BCUT2D eigenvalue weighted by atomic mass is 10.6. The van der Waals surface area contributed by atoms with Crippen molar-refractivity contribution in [2.75, 3.05) is 11.9 Å². The average molecular weight is 319 g/mol. The predicted molar refractivity (Wildman–Crippen MR) is 82.1 cm³/mol. The van der Waals surface area contributed by atoms with Crippen LogP contribution in [-0.2, 0) is 0 Å². The summed E-state index contributed by atoms with van der Waals surface area (Å²) in [6.45, 7) is 4.71. The van der Waals surface area contributed by atoms with Gasteiger partial charge >= 0.3 is 0 Å². The molecule has 0 fully saturated rings. The van der Waals surface area contributed by atoms with Crippen LogP contribution in [0.25, 0.3) is 5.95 Å². The molecule has 0 spiro atoms. The lowest BCUT2D eigenvalue weighted by Gasteiger charge is -2.06. The van der Waals surface area contributed by atoms with E-state index in [2.05, 4.69) is 30.2 Å². The molecule has 0 saturated carbocycles. The molecule has 0 aromatic carbocycles. The van der Waals surface area contributed by atoms with E-state index in [4.69, 9.17) is 0 Å². The molecule has 0 aliphatic heterocycles. The van der Waals surface area contributed by atoms with Crippen LogP contribution in [0.15, 0.2) is 33.6 Å². The molecule has 21 heavy (non-hydrogen) atoms. The minimum Gasteiger partial charge on any atom is -0.354 e. The molecule has 0 aliphatic rings. The Kier molecular flexibility index (Phi) is 4.11. The molecular formula is C12H13N7S2. The molecular weight excluding hydrogens is 306 g/mol. The maximum atomic E-state index is 4.45. The maximum absolute atomic E-state index is 4.45. The minimum absolute atomic E-state index is 0.536. The number of anilines is 1. The first-order valence-electron chi connectivity index (χ1n) is 6.33. The van der Waals surface area contributed by atoms with E-state index in [0.29, 0.717) is 17.1 Å². The van der Waals surface area contributed by atoms with Crippen molar-refractivity contribution in [1.82, 2.24) is 29.5 Å². The highest BCUT2D eigenvalue weighted by molar-refractivity contribution is 8.00. The Balaban J connectivity index is 1.95. The van der Waals surface area contributed by atoms with Crippen molar-refractivity contribution in [3.63, 3.8) is 0 Å². The Morgan fingerprint density at radius 3 is 2.86 bits per heavy atom. The second kappa shape index (κ2) is 6.19. The quantitative estimate of drug-likeness (QED) is 0.773. The number of aryl methyl sites for hydroxylation is 1. The predicted octanol–water partition coefficient (Wildman–Crippen LogP) is 2.41. The Morgan fingerprint density at radius 1 is 1.29 bits per heavy atom. The van der Waals surface area contributed by atoms with Crippen molar-refractivity contribution < 1.29 is 0 Å². The van der Waals surface area contributed by atoms with Crippen LogP contribution in [0.4, 0.5) is 5.95 Å². The minimum atomic E-state index is 0.536. The van der Waals surface area contributed by atoms with Crippen molar-refractivity contribution in [2.45, 2.75) is 23.3 Å². The zero-order chi connectivity index (χ0) is 14.7. The van der Waals surface area contributed by atoms with Gasteiger partial charge in [-0.05, 0) is 25.6 Å². The Morgan fingerprint density at radius 2 is 2.19 bits per heavy atom. The van der Waals surface area contributed by atoms with Gasteiger partial charge in [0.15, 0.2) is 4.34 Å². The van der Waals surface area contributed by atoms with Gasteiger partial charge in [-0.15, -0.1) is 11.3 Å². The monoisotopic (exact) mass is 319 g/mol. The first kappa shape index (κ1) is 14.0. The van der Waals surface area contributed by atoms with Crippen molar-refractivity contribution in [3.8, 4) is 5.95 Å². The summed E-state index contributed by atoms with van der Waals surface area (Å²) in [5.41, 5.74) is 0.998. The van der Waals surface area contributed by atoms with Crippen LogP contribution in [0.1, 0.15) is 12.6 Å². The van der Waals surface area contributed by atoms with E-state index in [1.54, 1.807) is 34.6 Å². The van der Waals surface area contributed by atoms with E-state index < -0.39 is 0 Å². The number of rotatable bonds is 5. The summed E-state index contributed by atoms with van der Waals surface area (Å²) in [7, 11) is 0. The van der Waals surface area contributed by atoms with Crippen LogP contribution >= 0.6 is 23.1 Å². The molecule has 0 saturated heterocycles.